The lowest BCUT2D eigenvalue weighted by Crippen LogP contribution is -2.65. The van der Waals surface area contributed by atoms with E-state index in [1.807, 2.05) is 20.8 Å². The van der Waals surface area contributed by atoms with E-state index in [0.717, 1.165) is 19.3 Å². The number of rotatable bonds is 2. The molecular weight excluding hydrogens is 234 g/mol. The van der Waals surface area contributed by atoms with Gasteiger partial charge >= 0.3 is 12.1 Å². The third-order valence-electron chi connectivity index (χ3n) is 3.76. The molecule has 0 aromatic rings. The smallest absolute Gasteiger partial charge is 0.410 e. The number of aliphatic carboxylic acids is 1. The standard InChI is InChI=1S/C13H21NO4/c1-12(2,3)18-11(17)14-5-4-9-6-13(14,7-9)8-10(15)16/h9H,4-8H2,1-3H3,(H,15,16). The maximum Gasteiger partial charge on any atom is 0.410 e. The van der Waals surface area contributed by atoms with Crippen LogP contribution in [0.25, 0.3) is 0 Å². The molecular formula is C13H21NO4. The van der Waals surface area contributed by atoms with E-state index in [2.05, 4.69) is 0 Å². The first-order valence-corrected chi connectivity index (χ1v) is 6.44. The molecule has 2 saturated heterocycles. The summed E-state index contributed by atoms with van der Waals surface area (Å²) in [6, 6.07) is 0. The van der Waals surface area contributed by atoms with Crippen molar-refractivity contribution in [2.45, 2.75) is 57.6 Å². The van der Waals surface area contributed by atoms with Crippen molar-refractivity contribution in [1.82, 2.24) is 4.90 Å². The highest BCUT2D eigenvalue weighted by molar-refractivity contribution is 5.74. The van der Waals surface area contributed by atoms with Crippen LogP contribution in [-0.4, -0.2) is 39.8 Å². The van der Waals surface area contributed by atoms with E-state index in [4.69, 9.17) is 9.84 Å². The second kappa shape index (κ2) is 4.14. The maximum absolute atomic E-state index is 12.1. The number of amides is 1. The summed E-state index contributed by atoms with van der Waals surface area (Å²) in [4.78, 5) is 24.8. The zero-order chi connectivity index (χ0) is 13.6. The topological polar surface area (TPSA) is 66.8 Å². The summed E-state index contributed by atoms with van der Waals surface area (Å²) in [6.07, 6.45) is 2.22. The molecule has 0 radical (unpaired) electrons. The van der Waals surface area contributed by atoms with Crippen LogP contribution in [0, 0.1) is 5.92 Å². The Morgan fingerprint density at radius 1 is 1.39 bits per heavy atom. The Balaban J connectivity index is 2.09. The molecule has 5 nitrogen and oxygen atoms in total. The van der Waals surface area contributed by atoms with E-state index in [1.165, 1.54) is 0 Å². The number of carboxylic acids is 1. The van der Waals surface area contributed by atoms with Crippen LogP contribution in [0.5, 0.6) is 0 Å². The normalized spacial score (nSPS) is 30.6. The molecule has 1 N–H and O–H groups in total. The Hall–Kier alpha value is -1.26. The third kappa shape index (κ3) is 2.44. The minimum absolute atomic E-state index is 0.0305. The van der Waals surface area contributed by atoms with Crippen molar-refractivity contribution in [2.24, 2.45) is 5.92 Å². The first kappa shape index (κ1) is 13.2. The number of piperidine rings is 2. The fraction of sp³-hybridized carbons (Fsp3) is 0.846. The van der Waals surface area contributed by atoms with Crippen LogP contribution in [-0.2, 0) is 9.53 Å². The lowest BCUT2D eigenvalue weighted by atomic mass is 9.61. The number of carboxylic acid groups (broad SMARTS) is 1. The minimum atomic E-state index is -0.844. The molecule has 0 aromatic carbocycles. The maximum atomic E-state index is 12.1. The van der Waals surface area contributed by atoms with E-state index >= 15 is 0 Å². The SMILES string of the molecule is CC(C)(C)OC(=O)N1CCC2CC1(CC(=O)O)C2. The van der Waals surface area contributed by atoms with E-state index in [9.17, 15) is 9.59 Å². The molecule has 102 valence electrons. The van der Waals surface area contributed by atoms with Crippen molar-refractivity contribution in [2.75, 3.05) is 6.54 Å². The lowest BCUT2D eigenvalue weighted by Gasteiger charge is -2.58. The summed E-state index contributed by atoms with van der Waals surface area (Å²) in [7, 11) is 0. The summed E-state index contributed by atoms with van der Waals surface area (Å²) in [5.74, 6) is -0.257. The molecule has 0 aromatic heterocycles. The molecule has 2 bridgehead atoms. The van der Waals surface area contributed by atoms with Crippen LogP contribution >= 0.6 is 0 Å². The summed E-state index contributed by atoms with van der Waals surface area (Å²) < 4.78 is 5.37. The van der Waals surface area contributed by atoms with Gasteiger partial charge in [0, 0.05) is 6.54 Å². The first-order chi connectivity index (χ1) is 8.22. The third-order valence-corrected chi connectivity index (χ3v) is 3.76. The molecule has 0 spiro atoms. The Kier molecular flexibility index (Phi) is 3.03. The van der Waals surface area contributed by atoms with E-state index in [-0.39, 0.29) is 12.5 Å². The molecule has 3 fully saturated rings. The van der Waals surface area contributed by atoms with Crippen molar-refractivity contribution >= 4 is 12.1 Å². The number of hydrogen-bond acceptors (Lipinski definition) is 3. The highest BCUT2D eigenvalue weighted by atomic mass is 16.6. The van der Waals surface area contributed by atoms with Gasteiger partial charge in [-0.1, -0.05) is 0 Å². The number of carbonyl (C=O) groups is 2. The van der Waals surface area contributed by atoms with Crippen molar-refractivity contribution in [3.05, 3.63) is 0 Å². The van der Waals surface area contributed by atoms with Gasteiger partial charge in [-0.2, -0.15) is 0 Å². The molecule has 1 amide bonds. The largest absolute Gasteiger partial charge is 0.481 e. The number of nitrogens with zero attached hydrogens (tertiary/aromatic N) is 1. The van der Waals surface area contributed by atoms with Crippen molar-refractivity contribution in [3.63, 3.8) is 0 Å². The van der Waals surface area contributed by atoms with E-state index in [1.54, 1.807) is 4.90 Å². The number of fused-ring (bicyclic) bond motifs is 2. The lowest BCUT2D eigenvalue weighted by molar-refractivity contribution is -0.147. The molecule has 1 saturated carbocycles. The zero-order valence-electron chi connectivity index (χ0n) is 11.2. The quantitative estimate of drug-likeness (QED) is 0.821. The first-order valence-electron chi connectivity index (χ1n) is 6.44. The molecule has 0 unspecified atom stereocenters. The van der Waals surface area contributed by atoms with Crippen molar-refractivity contribution in [3.8, 4) is 0 Å². The number of ether oxygens (including phenoxy) is 1. The van der Waals surface area contributed by atoms with Gasteiger partial charge in [-0.15, -0.1) is 0 Å². The molecule has 3 rings (SSSR count). The Morgan fingerprint density at radius 3 is 2.50 bits per heavy atom. The zero-order valence-corrected chi connectivity index (χ0v) is 11.2. The number of carbonyl (C=O) groups excluding carboxylic acids is 1. The Labute approximate surface area is 107 Å². The van der Waals surface area contributed by atoms with Crippen LogP contribution in [0.2, 0.25) is 0 Å². The molecule has 5 heteroatoms. The second-order valence-corrected chi connectivity index (χ2v) is 6.49. The molecule has 0 atom stereocenters. The van der Waals surface area contributed by atoms with E-state index < -0.39 is 17.1 Å². The molecule has 18 heavy (non-hydrogen) atoms. The predicted octanol–water partition coefficient (Wildman–Crippen LogP) is 2.25. The average molecular weight is 255 g/mol. The second-order valence-electron chi connectivity index (χ2n) is 6.49. The van der Waals surface area contributed by atoms with Gasteiger partial charge in [0.2, 0.25) is 0 Å². The summed E-state index contributed by atoms with van der Waals surface area (Å²) >= 11 is 0. The van der Waals surface area contributed by atoms with Crippen molar-refractivity contribution in [1.29, 1.82) is 0 Å². The van der Waals surface area contributed by atoms with Gasteiger partial charge in [0.15, 0.2) is 0 Å². The van der Waals surface area contributed by atoms with Gasteiger partial charge in [-0.25, -0.2) is 4.79 Å². The highest BCUT2D eigenvalue weighted by Gasteiger charge is 2.55. The Bertz CT molecular complexity index is 366. The van der Waals surface area contributed by atoms with Crippen LogP contribution in [0.15, 0.2) is 0 Å². The summed E-state index contributed by atoms with van der Waals surface area (Å²) in [5.41, 5.74) is -1.03. The number of hydrogen-bond donors (Lipinski definition) is 1. The van der Waals surface area contributed by atoms with Gasteiger partial charge in [-0.3, -0.25) is 4.79 Å². The van der Waals surface area contributed by atoms with Gasteiger partial charge in [-0.05, 0) is 46.0 Å². The average Bonchev–Trinajstić information content (AvgIpc) is 2.11. The van der Waals surface area contributed by atoms with Gasteiger partial charge in [0.05, 0.1) is 12.0 Å². The molecule has 2 aliphatic heterocycles. The molecule has 2 heterocycles. The minimum Gasteiger partial charge on any atom is -0.481 e. The van der Waals surface area contributed by atoms with Gasteiger partial charge < -0.3 is 14.7 Å². The molecule has 3 aliphatic rings. The molecule has 1 aliphatic carbocycles. The van der Waals surface area contributed by atoms with Gasteiger partial charge in [0.1, 0.15) is 5.60 Å². The predicted molar refractivity (Wildman–Crippen MR) is 65.3 cm³/mol. The van der Waals surface area contributed by atoms with Gasteiger partial charge in [0.25, 0.3) is 0 Å². The Morgan fingerprint density at radius 2 is 2.00 bits per heavy atom. The highest BCUT2D eigenvalue weighted by Crippen LogP contribution is 2.51. The fourth-order valence-electron chi connectivity index (χ4n) is 3.11. The van der Waals surface area contributed by atoms with E-state index in [0.29, 0.717) is 12.5 Å². The summed E-state index contributed by atoms with van der Waals surface area (Å²) in [5, 5.41) is 9.01. The van der Waals surface area contributed by atoms with Crippen LogP contribution in [0.3, 0.4) is 0 Å². The fourth-order valence-corrected chi connectivity index (χ4v) is 3.11. The summed E-state index contributed by atoms with van der Waals surface area (Å²) in [6.45, 7) is 6.08. The van der Waals surface area contributed by atoms with Crippen LogP contribution in [0.4, 0.5) is 4.79 Å². The van der Waals surface area contributed by atoms with Crippen LogP contribution in [0.1, 0.15) is 46.5 Å². The van der Waals surface area contributed by atoms with Crippen LogP contribution < -0.4 is 0 Å². The monoisotopic (exact) mass is 255 g/mol. The van der Waals surface area contributed by atoms with Crippen molar-refractivity contribution < 1.29 is 19.4 Å².